The molecule has 3 heterocycles. The fourth-order valence-electron chi connectivity index (χ4n) is 3.50. The lowest BCUT2D eigenvalue weighted by Crippen LogP contribution is -2.43. The number of anilines is 1. The van der Waals surface area contributed by atoms with Crippen molar-refractivity contribution < 1.29 is 14.5 Å². The number of thiazole rings is 1. The third-order valence-electron chi connectivity index (χ3n) is 5.01. The quantitative estimate of drug-likeness (QED) is 0.422. The number of morpholine rings is 1. The fraction of sp³-hybridized carbons (Fsp3) is 0.400. The van der Waals surface area contributed by atoms with E-state index in [9.17, 15) is 14.9 Å². The molecule has 1 saturated heterocycles. The van der Waals surface area contributed by atoms with Crippen molar-refractivity contribution in [3.63, 3.8) is 0 Å². The van der Waals surface area contributed by atoms with E-state index in [1.165, 1.54) is 23.5 Å². The summed E-state index contributed by atoms with van der Waals surface area (Å²) in [5, 5.41) is 11.6. The summed E-state index contributed by atoms with van der Waals surface area (Å²) in [6.07, 6.45) is 0. The Hall–Kier alpha value is -2.40. The molecule has 30 heavy (non-hydrogen) atoms. The number of amides is 1. The van der Waals surface area contributed by atoms with Crippen molar-refractivity contribution >= 4 is 48.9 Å². The van der Waals surface area contributed by atoms with Crippen molar-refractivity contribution in [2.75, 3.05) is 44.3 Å². The summed E-state index contributed by atoms with van der Waals surface area (Å²) in [6, 6.07) is 7.02. The fourth-order valence-corrected chi connectivity index (χ4v) is 5.31. The molecule has 0 radical (unpaired) electrons. The molecule has 1 amide bonds. The Morgan fingerprint density at radius 2 is 2.03 bits per heavy atom. The van der Waals surface area contributed by atoms with Crippen LogP contribution in [0.5, 0.6) is 0 Å². The Morgan fingerprint density at radius 1 is 1.27 bits per heavy atom. The largest absolute Gasteiger partial charge is 0.379 e. The molecular weight excluding hydrogens is 424 g/mol. The topological polar surface area (TPSA) is 88.8 Å². The van der Waals surface area contributed by atoms with Gasteiger partial charge in [-0.15, -0.1) is 0 Å². The minimum Gasteiger partial charge on any atom is -0.379 e. The predicted octanol–water partition coefficient (Wildman–Crippen LogP) is 3.86. The zero-order valence-electron chi connectivity index (χ0n) is 16.8. The van der Waals surface area contributed by atoms with Crippen LogP contribution in [0.15, 0.2) is 24.3 Å². The first-order chi connectivity index (χ1) is 14.4. The monoisotopic (exact) mass is 446 g/mol. The molecule has 4 rings (SSSR count). The Labute approximate surface area is 181 Å². The first-order valence-corrected chi connectivity index (χ1v) is 11.3. The Balaban J connectivity index is 1.66. The maximum absolute atomic E-state index is 13.3. The third-order valence-corrected chi connectivity index (χ3v) is 7.27. The number of hydrogen-bond acceptors (Lipinski definition) is 8. The third kappa shape index (κ3) is 4.36. The number of aromatic nitrogens is 1. The van der Waals surface area contributed by atoms with Crippen LogP contribution in [0.4, 0.5) is 10.1 Å². The molecule has 3 aromatic rings. The summed E-state index contributed by atoms with van der Waals surface area (Å²) in [5.74, 6) is -0.255. The van der Waals surface area contributed by atoms with Crippen LogP contribution in [0.2, 0.25) is 0 Å². The summed E-state index contributed by atoms with van der Waals surface area (Å²) in [6.45, 7) is 8.24. The maximum Gasteiger partial charge on any atom is 0.324 e. The van der Waals surface area contributed by atoms with Crippen molar-refractivity contribution in [2.24, 2.45) is 0 Å². The van der Waals surface area contributed by atoms with E-state index in [1.807, 2.05) is 19.9 Å². The van der Waals surface area contributed by atoms with Gasteiger partial charge in [-0.1, -0.05) is 28.7 Å². The maximum atomic E-state index is 13.3. The van der Waals surface area contributed by atoms with Crippen LogP contribution in [0.1, 0.15) is 20.8 Å². The SMILES string of the molecule is Cc1cc(C)c2sc(N(CCN3CCOCC3)C(=O)c3ccc([N+](=O)[O-])s3)nc2c1. The lowest BCUT2D eigenvalue weighted by Gasteiger charge is -2.29. The van der Waals surface area contributed by atoms with E-state index >= 15 is 0 Å². The van der Waals surface area contributed by atoms with E-state index in [0.717, 1.165) is 45.8 Å². The molecule has 8 nitrogen and oxygen atoms in total. The van der Waals surface area contributed by atoms with Gasteiger partial charge in [0.25, 0.3) is 5.91 Å². The number of fused-ring (bicyclic) bond motifs is 1. The van der Waals surface area contributed by atoms with E-state index in [1.54, 1.807) is 4.90 Å². The van der Waals surface area contributed by atoms with E-state index in [4.69, 9.17) is 9.72 Å². The van der Waals surface area contributed by atoms with Crippen LogP contribution in [-0.2, 0) is 4.74 Å². The number of aryl methyl sites for hydroxylation is 2. The number of carbonyl (C=O) groups excluding carboxylic acids is 1. The molecular formula is C20H22N4O4S2. The molecule has 1 fully saturated rings. The first kappa shape index (κ1) is 20.9. The standard InChI is InChI=1S/C20H22N4O4S2/c1-13-11-14(2)18-15(12-13)21-20(30-18)23(6-5-22-7-9-28-10-8-22)19(25)16-3-4-17(29-16)24(26)27/h3-4,11-12H,5-10H2,1-2H3. The van der Waals surface area contributed by atoms with Gasteiger partial charge in [0.05, 0.1) is 33.2 Å². The van der Waals surface area contributed by atoms with Gasteiger partial charge in [-0.05, 0) is 37.1 Å². The average molecular weight is 447 g/mol. The highest BCUT2D eigenvalue weighted by molar-refractivity contribution is 7.22. The molecule has 1 aliphatic heterocycles. The van der Waals surface area contributed by atoms with Crippen LogP contribution >= 0.6 is 22.7 Å². The van der Waals surface area contributed by atoms with Gasteiger partial charge < -0.3 is 4.74 Å². The van der Waals surface area contributed by atoms with Crippen LogP contribution in [0, 0.1) is 24.0 Å². The molecule has 158 valence electrons. The summed E-state index contributed by atoms with van der Waals surface area (Å²) in [7, 11) is 0. The molecule has 1 aromatic carbocycles. The lowest BCUT2D eigenvalue weighted by atomic mass is 10.1. The van der Waals surface area contributed by atoms with Gasteiger partial charge in [-0.2, -0.15) is 0 Å². The van der Waals surface area contributed by atoms with E-state index < -0.39 is 4.92 Å². The van der Waals surface area contributed by atoms with Gasteiger partial charge in [0.15, 0.2) is 5.13 Å². The van der Waals surface area contributed by atoms with E-state index in [2.05, 4.69) is 11.0 Å². The highest BCUT2D eigenvalue weighted by Crippen LogP contribution is 2.34. The molecule has 0 unspecified atom stereocenters. The second kappa shape index (κ2) is 8.76. The van der Waals surface area contributed by atoms with Crippen LogP contribution in [0.25, 0.3) is 10.2 Å². The molecule has 2 aromatic heterocycles. The predicted molar refractivity (Wildman–Crippen MR) is 119 cm³/mol. The number of thiophene rings is 1. The van der Waals surface area contributed by atoms with Gasteiger partial charge in [-0.3, -0.25) is 24.7 Å². The highest BCUT2D eigenvalue weighted by atomic mass is 32.1. The van der Waals surface area contributed by atoms with E-state index in [-0.39, 0.29) is 10.9 Å². The summed E-state index contributed by atoms with van der Waals surface area (Å²) in [5.41, 5.74) is 3.12. The smallest absolute Gasteiger partial charge is 0.324 e. The Bertz CT molecular complexity index is 1090. The zero-order chi connectivity index (χ0) is 21.3. The number of nitrogens with zero attached hydrogens (tertiary/aromatic N) is 4. The number of carbonyl (C=O) groups is 1. The first-order valence-electron chi connectivity index (χ1n) is 9.66. The number of rotatable bonds is 6. The van der Waals surface area contributed by atoms with Crippen molar-refractivity contribution in [1.29, 1.82) is 0 Å². The van der Waals surface area contributed by atoms with Gasteiger partial charge in [0.2, 0.25) is 0 Å². The molecule has 10 heteroatoms. The number of nitro groups is 1. The van der Waals surface area contributed by atoms with Crippen LogP contribution in [-0.4, -0.2) is 60.1 Å². The average Bonchev–Trinajstić information content (AvgIpc) is 3.36. The summed E-state index contributed by atoms with van der Waals surface area (Å²) in [4.78, 5) is 32.9. The molecule has 0 atom stereocenters. The second-order valence-corrected chi connectivity index (χ2v) is 9.27. The van der Waals surface area contributed by atoms with Gasteiger partial charge >= 0.3 is 5.00 Å². The number of hydrogen-bond donors (Lipinski definition) is 0. The normalized spacial score (nSPS) is 14.9. The van der Waals surface area contributed by atoms with Gasteiger partial charge in [0, 0.05) is 32.2 Å². The van der Waals surface area contributed by atoms with Crippen LogP contribution < -0.4 is 4.90 Å². The molecule has 0 aliphatic carbocycles. The number of benzene rings is 1. The van der Waals surface area contributed by atoms with Gasteiger partial charge in [-0.25, -0.2) is 4.98 Å². The molecule has 0 spiro atoms. The van der Waals surface area contributed by atoms with Gasteiger partial charge in [0.1, 0.15) is 0 Å². The summed E-state index contributed by atoms with van der Waals surface area (Å²) >= 11 is 2.38. The molecule has 0 N–H and O–H groups in total. The van der Waals surface area contributed by atoms with E-state index in [0.29, 0.717) is 36.3 Å². The Morgan fingerprint density at radius 3 is 2.73 bits per heavy atom. The minimum absolute atomic E-state index is 0.0396. The second-order valence-electron chi connectivity index (χ2n) is 7.23. The molecule has 0 saturated carbocycles. The Kier molecular flexibility index (Phi) is 6.09. The lowest BCUT2D eigenvalue weighted by molar-refractivity contribution is -0.380. The zero-order valence-corrected chi connectivity index (χ0v) is 18.4. The summed E-state index contributed by atoms with van der Waals surface area (Å²) < 4.78 is 6.46. The van der Waals surface area contributed by atoms with Crippen molar-refractivity contribution in [2.45, 2.75) is 13.8 Å². The van der Waals surface area contributed by atoms with Crippen LogP contribution in [0.3, 0.4) is 0 Å². The molecule has 0 bridgehead atoms. The number of ether oxygens (including phenoxy) is 1. The van der Waals surface area contributed by atoms with Crippen molar-refractivity contribution in [3.8, 4) is 0 Å². The molecule has 1 aliphatic rings. The van der Waals surface area contributed by atoms with Crippen molar-refractivity contribution in [3.05, 3.63) is 50.4 Å². The van der Waals surface area contributed by atoms with Crippen molar-refractivity contribution in [1.82, 2.24) is 9.88 Å². The highest BCUT2D eigenvalue weighted by Gasteiger charge is 2.26. The minimum atomic E-state index is -0.469.